The Balaban J connectivity index is 1.62. The van der Waals surface area contributed by atoms with Crippen molar-refractivity contribution in [2.45, 2.75) is 11.8 Å². The molecule has 0 fully saturated rings. The number of H-pyrrole nitrogens is 1. The molecule has 158 valence electrons. The smallest absolute Gasteiger partial charge is 0.265 e. The second-order valence-electron chi connectivity index (χ2n) is 6.96. The number of rotatable bonds is 6. The summed E-state index contributed by atoms with van der Waals surface area (Å²) in [5.41, 5.74) is 2.93. The predicted octanol–water partition coefficient (Wildman–Crippen LogP) is 3.93. The molecular formula is C22H20N4O4S. The molecule has 0 atom stereocenters. The number of aryl methyl sites for hydroxylation is 1. The molecule has 31 heavy (non-hydrogen) atoms. The zero-order valence-corrected chi connectivity index (χ0v) is 17.7. The van der Waals surface area contributed by atoms with Gasteiger partial charge in [0.2, 0.25) is 0 Å². The molecule has 0 bridgehead atoms. The van der Waals surface area contributed by atoms with Crippen molar-refractivity contribution in [3.05, 3.63) is 78.0 Å². The van der Waals surface area contributed by atoms with Crippen LogP contribution in [-0.2, 0) is 10.0 Å². The van der Waals surface area contributed by atoms with E-state index in [2.05, 4.69) is 20.2 Å². The van der Waals surface area contributed by atoms with Gasteiger partial charge in [-0.1, -0.05) is 17.7 Å². The van der Waals surface area contributed by atoms with Crippen molar-refractivity contribution < 1.29 is 17.9 Å². The molecular weight excluding hydrogens is 416 g/mol. The molecule has 4 rings (SSSR count). The lowest BCUT2D eigenvalue weighted by atomic mass is 10.2. The summed E-state index contributed by atoms with van der Waals surface area (Å²) >= 11 is 0. The minimum absolute atomic E-state index is 0.132. The van der Waals surface area contributed by atoms with Crippen LogP contribution in [0.2, 0.25) is 0 Å². The molecule has 1 aromatic heterocycles. The SMILES string of the molecule is COc1ccc(C(=O)Nc2ccc3cn[nH]c3c2)cc1S(=O)(=O)Nc1ccc(C)cc1. The number of amides is 1. The molecule has 0 saturated heterocycles. The predicted molar refractivity (Wildman–Crippen MR) is 119 cm³/mol. The number of benzene rings is 3. The number of aromatic nitrogens is 2. The quantitative estimate of drug-likeness (QED) is 0.424. The number of anilines is 2. The minimum atomic E-state index is -3.99. The van der Waals surface area contributed by atoms with Gasteiger partial charge in [0.1, 0.15) is 10.6 Å². The Morgan fingerprint density at radius 1 is 1.00 bits per heavy atom. The van der Waals surface area contributed by atoms with Gasteiger partial charge in [0.25, 0.3) is 15.9 Å². The molecule has 0 saturated carbocycles. The topological polar surface area (TPSA) is 113 Å². The second kappa shape index (κ2) is 8.11. The maximum Gasteiger partial charge on any atom is 0.265 e. The molecule has 9 heteroatoms. The van der Waals surface area contributed by atoms with Crippen molar-refractivity contribution >= 4 is 38.2 Å². The fourth-order valence-electron chi connectivity index (χ4n) is 3.08. The summed E-state index contributed by atoms with van der Waals surface area (Å²) in [4.78, 5) is 12.6. The maximum absolute atomic E-state index is 13.0. The highest BCUT2D eigenvalue weighted by Gasteiger charge is 2.22. The lowest BCUT2D eigenvalue weighted by Crippen LogP contribution is -2.17. The minimum Gasteiger partial charge on any atom is -0.495 e. The van der Waals surface area contributed by atoms with Crippen molar-refractivity contribution in [2.75, 3.05) is 17.1 Å². The van der Waals surface area contributed by atoms with E-state index in [1.807, 2.05) is 13.0 Å². The van der Waals surface area contributed by atoms with E-state index in [1.54, 1.807) is 42.6 Å². The number of sulfonamides is 1. The van der Waals surface area contributed by atoms with Crippen LogP contribution in [0.4, 0.5) is 11.4 Å². The van der Waals surface area contributed by atoms with Gasteiger partial charge in [0, 0.05) is 22.3 Å². The third-order valence-electron chi connectivity index (χ3n) is 4.72. The van der Waals surface area contributed by atoms with Crippen LogP contribution in [0.5, 0.6) is 5.75 Å². The Morgan fingerprint density at radius 2 is 1.74 bits per heavy atom. The second-order valence-corrected chi connectivity index (χ2v) is 8.61. The number of hydrogen-bond donors (Lipinski definition) is 3. The normalized spacial score (nSPS) is 11.3. The number of carbonyl (C=O) groups excluding carboxylic acids is 1. The first kappa shape index (κ1) is 20.4. The molecule has 0 unspecified atom stereocenters. The Morgan fingerprint density at radius 3 is 2.48 bits per heavy atom. The van der Waals surface area contributed by atoms with Crippen LogP contribution in [-0.4, -0.2) is 31.6 Å². The first-order valence-electron chi connectivity index (χ1n) is 9.38. The van der Waals surface area contributed by atoms with Crippen molar-refractivity contribution in [1.82, 2.24) is 10.2 Å². The van der Waals surface area contributed by atoms with E-state index in [0.29, 0.717) is 11.4 Å². The molecule has 3 aromatic carbocycles. The first-order chi connectivity index (χ1) is 14.9. The average Bonchev–Trinajstić information content (AvgIpc) is 3.22. The molecule has 4 aromatic rings. The van der Waals surface area contributed by atoms with Crippen LogP contribution in [0, 0.1) is 6.92 Å². The monoisotopic (exact) mass is 436 g/mol. The molecule has 1 amide bonds. The van der Waals surface area contributed by atoms with Gasteiger partial charge < -0.3 is 10.1 Å². The highest BCUT2D eigenvalue weighted by Crippen LogP contribution is 2.28. The Bertz CT molecular complexity index is 1360. The van der Waals surface area contributed by atoms with E-state index in [4.69, 9.17) is 4.74 Å². The number of nitrogens with one attached hydrogen (secondary N) is 3. The number of hydrogen-bond acceptors (Lipinski definition) is 5. The van der Waals surface area contributed by atoms with E-state index in [0.717, 1.165) is 16.5 Å². The molecule has 8 nitrogen and oxygen atoms in total. The molecule has 0 aliphatic heterocycles. The van der Waals surface area contributed by atoms with Gasteiger partial charge in [0.15, 0.2) is 0 Å². The van der Waals surface area contributed by atoms with E-state index in [-0.39, 0.29) is 16.2 Å². The van der Waals surface area contributed by atoms with Crippen LogP contribution in [0.1, 0.15) is 15.9 Å². The summed E-state index contributed by atoms with van der Waals surface area (Å²) in [5, 5.41) is 10.5. The number of ether oxygens (including phenoxy) is 1. The largest absolute Gasteiger partial charge is 0.495 e. The van der Waals surface area contributed by atoms with Crippen molar-refractivity contribution in [3.63, 3.8) is 0 Å². The summed E-state index contributed by atoms with van der Waals surface area (Å²) in [6.07, 6.45) is 1.68. The van der Waals surface area contributed by atoms with E-state index < -0.39 is 15.9 Å². The van der Waals surface area contributed by atoms with Crippen molar-refractivity contribution in [1.29, 1.82) is 0 Å². The summed E-state index contributed by atoms with van der Waals surface area (Å²) < 4.78 is 33.7. The van der Waals surface area contributed by atoms with Crippen LogP contribution in [0.25, 0.3) is 10.9 Å². The Labute approximate surface area is 179 Å². The number of fused-ring (bicyclic) bond motifs is 1. The van der Waals surface area contributed by atoms with Gasteiger partial charge in [0.05, 0.1) is 18.8 Å². The average molecular weight is 436 g/mol. The summed E-state index contributed by atoms with van der Waals surface area (Å²) in [5.74, 6) is -0.316. The molecule has 0 radical (unpaired) electrons. The van der Waals surface area contributed by atoms with Crippen molar-refractivity contribution in [3.8, 4) is 5.75 Å². The lowest BCUT2D eigenvalue weighted by molar-refractivity contribution is 0.102. The fraction of sp³-hybridized carbons (Fsp3) is 0.0909. The van der Waals surface area contributed by atoms with E-state index in [1.165, 1.54) is 25.3 Å². The zero-order valence-electron chi connectivity index (χ0n) is 16.8. The summed E-state index contributed by atoms with van der Waals surface area (Å²) in [6.45, 7) is 1.91. The summed E-state index contributed by atoms with van der Waals surface area (Å²) in [6, 6.07) is 16.5. The van der Waals surface area contributed by atoms with Gasteiger partial charge in [-0.05, 0) is 55.5 Å². The van der Waals surface area contributed by atoms with Gasteiger partial charge in [-0.2, -0.15) is 5.10 Å². The van der Waals surface area contributed by atoms with E-state index >= 15 is 0 Å². The molecule has 0 aliphatic carbocycles. The van der Waals surface area contributed by atoms with Crippen LogP contribution >= 0.6 is 0 Å². The standard InChI is InChI=1S/C22H20N4O4S/c1-14-3-7-17(8-4-14)26-31(28,29)21-11-15(6-10-20(21)30-2)22(27)24-18-9-5-16-13-23-25-19(16)12-18/h3-13,26H,1-2H3,(H,23,25)(H,24,27). The van der Waals surface area contributed by atoms with Crippen LogP contribution in [0.15, 0.2) is 71.8 Å². The number of nitrogens with zero attached hydrogens (tertiary/aromatic N) is 1. The number of aromatic amines is 1. The maximum atomic E-state index is 13.0. The molecule has 0 aliphatic rings. The Kier molecular flexibility index (Phi) is 5.35. The van der Waals surface area contributed by atoms with Crippen LogP contribution in [0.3, 0.4) is 0 Å². The molecule has 0 spiro atoms. The molecule has 1 heterocycles. The summed E-state index contributed by atoms with van der Waals surface area (Å²) in [7, 11) is -2.61. The Hall–Kier alpha value is -3.85. The van der Waals surface area contributed by atoms with E-state index in [9.17, 15) is 13.2 Å². The van der Waals surface area contributed by atoms with Gasteiger partial charge >= 0.3 is 0 Å². The highest BCUT2D eigenvalue weighted by molar-refractivity contribution is 7.92. The molecule has 3 N–H and O–H groups in total. The fourth-order valence-corrected chi connectivity index (χ4v) is 4.33. The number of methoxy groups -OCH3 is 1. The van der Waals surface area contributed by atoms with Crippen LogP contribution < -0.4 is 14.8 Å². The first-order valence-corrected chi connectivity index (χ1v) is 10.9. The highest BCUT2D eigenvalue weighted by atomic mass is 32.2. The van der Waals surface area contributed by atoms with Gasteiger partial charge in [-0.3, -0.25) is 14.6 Å². The van der Waals surface area contributed by atoms with Gasteiger partial charge in [-0.15, -0.1) is 0 Å². The number of carbonyl (C=O) groups is 1. The van der Waals surface area contributed by atoms with Crippen molar-refractivity contribution in [2.24, 2.45) is 0 Å². The third kappa shape index (κ3) is 4.36. The zero-order chi connectivity index (χ0) is 22.0. The third-order valence-corrected chi connectivity index (χ3v) is 6.12. The lowest BCUT2D eigenvalue weighted by Gasteiger charge is -2.13. The van der Waals surface area contributed by atoms with Gasteiger partial charge in [-0.25, -0.2) is 8.42 Å².